The summed E-state index contributed by atoms with van der Waals surface area (Å²) in [6.07, 6.45) is 1.14. The van der Waals surface area contributed by atoms with Gasteiger partial charge in [0.15, 0.2) is 6.10 Å². The number of hydrogen-bond donors (Lipinski definition) is 1. The highest BCUT2D eigenvalue weighted by Gasteiger charge is 2.27. The van der Waals surface area contributed by atoms with Crippen LogP contribution in [0.1, 0.15) is 37.0 Å². The summed E-state index contributed by atoms with van der Waals surface area (Å²) in [6, 6.07) is 14.2. The molecule has 0 saturated heterocycles. The fraction of sp³-hybridized carbons (Fsp3) is 0.286. The van der Waals surface area contributed by atoms with E-state index in [0.717, 1.165) is 24.0 Å². The average molecular weight is 367 g/mol. The maximum atomic E-state index is 12.2. The van der Waals surface area contributed by atoms with E-state index in [2.05, 4.69) is 5.32 Å². The number of amides is 1. The number of carbonyl (C=O) groups is 3. The van der Waals surface area contributed by atoms with Gasteiger partial charge in [-0.25, -0.2) is 4.79 Å². The minimum atomic E-state index is -0.827. The molecule has 27 heavy (non-hydrogen) atoms. The molecule has 3 rings (SSSR count). The molecule has 0 aromatic heterocycles. The van der Waals surface area contributed by atoms with Gasteiger partial charge in [0.05, 0.1) is 5.56 Å². The Labute approximate surface area is 157 Å². The van der Waals surface area contributed by atoms with Gasteiger partial charge in [-0.15, -0.1) is 0 Å². The molecule has 0 unspecified atom stereocenters. The molecule has 1 atom stereocenters. The monoisotopic (exact) mass is 367 g/mol. The van der Waals surface area contributed by atoms with E-state index in [9.17, 15) is 14.4 Å². The lowest BCUT2D eigenvalue weighted by molar-refractivity contribution is -0.132. The summed E-state index contributed by atoms with van der Waals surface area (Å²) in [4.78, 5) is 35.0. The smallest absolute Gasteiger partial charge is 0.338 e. The number of hydrogen-bond acceptors (Lipinski definition) is 5. The molecular formula is C21H21NO5. The lowest BCUT2D eigenvalue weighted by Gasteiger charge is -2.13. The van der Waals surface area contributed by atoms with Gasteiger partial charge in [-0.1, -0.05) is 24.3 Å². The normalized spacial score (nSPS) is 14.1. The molecule has 0 bridgehead atoms. The Morgan fingerprint density at radius 2 is 1.52 bits per heavy atom. The first-order valence-corrected chi connectivity index (χ1v) is 8.82. The second-order valence-electron chi connectivity index (χ2n) is 6.53. The first-order chi connectivity index (χ1) is 12.9. The molecule has 1 aliphatic carbocycles. The Balaban J connectivity index is 1.61. The number of nitrogens with one attached hydrogen (secondary N) is 1. The zero-order valence-electron chi connectivity index (χ0n) is 15.2. The summed E-state index contributed by atoms with van der Waals surface area (Å²) in [7, 11) is 0. The van der Waals surface area contributed by atoms with Crippen molar-refractivity contribution in [3.05, 3.63) is 54.1 Å². The van der Waals surface area contributed by atoms with Crippen LogP contribution < -0.4 is 10.1 Å². The lowest BCUT2D eigenvalue weighted by atomic mass is 10.0. The standard InChI is InChI=1S/C21H21NO5/c1-13(20(24)22-18-9-10-18)26-21(25)17-5-3-15(4-6-17)16-7-11-19(12-8-16)27-14(2)23/h3-8,11-13,18H,9-10H2,1-2H3,(H,22,24)/t13-/m0/s1. The van der Waals surface area contributed by atoms with Crippen molar-refractivity contribution in [2.75, 3.05) is 0 Å². The van der Waals surface area contributed by atoms with Crippen molar-refractivity contribution in [3.63, 3.8) is 0 Å². The van der Waals surface area contributed by atoms with Gasteiger partial charge in [0, 0.05) is 13.0 Å². The number of ether oxygens (including phenoxy) is 2. The zero-order chi connectivity index (χ0) is 19.4. The fourth-order valence-corrected chi connectivity index (χ4v) is 2.51. The minimum Gasteiger partial charge on any atom is -0.449 e. The maximum Gasteiger partial charge on any atom is 0.338 e. The average Bonchev–Trinajstić information content (AvgIpc) is 3.46. The lowest BCUT2D eigenvalue weighted by Crippen LogP contribution is -2.37. The van der Waals surface area contributed by atoms with E-state index in [1.807, 2.05) is 12.1 Å². The van der Waals surface area contributed by atoms with Crippen LogP contribution in [0.15, 0.2) is 48.5 Å². The molecule has 140 valence electrons. The molecule has 1 fully saturated rings. The molecule has 0 aliphatic heterocycles. The van der Waals surface area contributed by atoms with Crippen molar-refractivity contribution in [1.29, 1.82) is 0 Å². The van der Waals surface area contributed by atoms with Crippen LogP contribution in [0.4, 0.5) is 0 Å². The Hall–Kier alpha value is -3.15. The molecule has 1 saturated carbocycles. The van der Waals surface area contributed by atoms with Gasteiger partial charge in [-0.2, -0.15) is 0 Å². The minimum absolute atomic E-state index is 0.227. The Kier molecular flexibility index (Phi) is 5.54. The van der Waals surface area contributed by atoms with E-state index in [1.165, 1.54) is 6.92 Å². The first kappa shape index (κ1) is 18.6. The van der Waals surface area contributed by atoms with Crippen molar-refractivity contribution in [2.45, 2.75) is 38.8 Å². The second-order valence-corrected chi connectivity index (χ2v) is 6.53. The van der Waals surface area contributed by atoms with Gasteiger partial charge in [0.25, 0.3) is 5.91 Å². The van der Waals surface area contributed by atoms with Crippen LogP contribution in [0, 0.1) is 0 Å². The van der Waals surface area contributed by atoms with E-state index in [0.29, 0.717) is 11.3 Å². The summed E-state index contributed by atoms with van der Waals surface area (Å²) in [5.41, 5.74) is 2.20. The number of benzene rings is 2. The van der Waals surface area contributed by atoms with Gasteiger partial charge in [0.1, 0.15) is 5.75 Å². The van der Waals surface area contributed by atoms with Gasteiger partial charge >= 0.3 is 11.9 Å². The molecule has 6 nitrogen and oxygen atoms in total. The van der Waals surface area contributed by atoms with E-state index in [-0.39, 0.29) is 17.9 Å². The molecule has 6 heteroatoms. The van der Waals surface area contributed by atoms with Crippen LogP contribution in [-0.4, -0.2) is 30.0 Å². The van der Waals surface area contributed by atoms with Crippen LogP contribution in [0.25, 0.3) is 11.1 Å². The third-order valence-electron chi connectivity index (χ3n) is 4.15. The fourth-order valence-electron chi connectivity index (χ4n) is 2.51. The van der Waals surface area contributed by atoms with Gasteiger partial charge in [0.2, 0.25) is 0 Å². The molecule has 0 spiro atoms. The summed E-state index contributed by atoms with van der Waals surface area (Å²) >= 11 is 0. The van der Waals surface area contributed by atoms with Gasteiger partial charge in [-0.05, 0) is 55.2 Å². The Morgan fingerprint density at radius 1 is 0.963 bits per heavy atom. The highest BCUT2D eigenvalue weighted by atomic mass is 16.5. The highest BCUT2D eigenvalue weighted by Crippen LogP contribution is 2.23. The Morgan fingerprint density at radius 3 is 2.04 bits per heavy atom. The van der Waals surface area contributed by atoms with Gasteiger partial charge < -0.3 is 14.8 Å². The summed E-state index contributed by atoms with van der Waals surface area (Å²) < 4.78 is 10.2. The van der Waals surface area contributed by atoms with Crippen molar-refractivity contribution in [2.24, 2.45) is 0 Å². The van der Waals surface area contributed by atoms with Crippen LogP contribution in [0.3, 0.4) is 0 Å². The van der Waals surface area contributed by atoms with Crippen molar-refractivity contribution in [1.82, 2.24) is 5.32 Å². The molecule has 1 N–H and O–H groups in total. The third kappa shape index (κ3) is 5.17. The van der Waals surface area contributed by atoms with E-state index in [4.69, 9.17) is 9.47 Å². The predicted octanol–water partition coefficient (Wildman–Crippen LogP) is 3.10. The first-order valence-electron chi connectivity index (χ1n) is 8.82. The van der Waals surface area contributed by atoms with Crippen molar-refractivity contribution < 1.29 is 23.9 Å². The molecule has 2 aromatic carbocycles. The van der Waals surface area contributed by atoms with E-state index in [1.54, 1.807) is 43.3 Å². The van der Waals surface area contributed by atoms with E-state index < -0.39 is 12.1 Å². The molecule has 2 aromatic rings. The van der Waals surface area contributed by atoms with E-state index >= 15 is 0 Å². The summed E-state index contributed by atoms with van der Waals surface area (Å²) in [5.74, 6) is -0.698. The zero-order valence-corrected chi connectivity index (χ0v) is 15.2. The van der Waals surface area contributed by atoms with Crippen LogP contribution in [0.2, 0.25) is 0 Å². The molecule has 0 radical (unpaired) electrons. The maximum absolute atomic E-state index is 12.2. The topological polar surface area (TPSA) is 81.7 Å². The molecule has 1 amide bonds. The number of carbonyl (C=O) groups excluding carboxylic acids is 3. The highest BCUT2D eigenvalue weighted by molar-refractivity contribution is 5.92. The summed E-state index contributed by atoms with van der Waals surface area (Å²) in [5, 5.41) is 2.81. The number of rotatable bonds is 6. The third-order valence-corrected chi connectivity index (χ3v) is 4.15. The van der Waals surface area contributed by atoms with Gasteiger partial charge in [-0.3, -0.25) is 9.59 Å². The Bertz CT molecular complexity index is 838. The second kappa shape index (κ2) is 8.03. The van der Waals surface area contributed by atoms with Crippen LogP contribution in [-0.2, 0) is 14.3 Å². The van der Waals surface area contributed by atoms with Crippen LogP contribution >= 0.6 is 0 Å². The SMILES string of the molecule is CC(=O)Oc1ccc(-c2ccc(C(=O)O[C@@H](C)C(=O)NC3CC3)cc2)cc1. The molecule has 1 aliphatic rings. The predicted molar refractivity (Wildman–Crippen MR) is 99.2 cm³/mol. The quantitative estimate of drug-likeness (QED) is 0.627. The van der Waals surface area contributed by atoms with Crippen molar-refractivity contribution >= 4 is 17.8 Å². The largest absolute Gasteiger partial charge is 0.449 e. The van der Waals surface area contributed by atoms with Crippen LogP contribution in [0.5, 0.6) is 5.75 Å². The molecular weight excluding hydrogens is 346 g/mol. The number of esters is 2. The van der Waals surface area contributed by atoms with Crippen molar-refractivity contribution in [3.8, 4) is 16.9 Å². The molecule has 0 heterocycles. The summed E-state index contributed by atoms with van der Waals surface area (Å²) in [6.45, 7) is 2.91.